The first kappa shape index (κ1) is 15.2. The Kier molecular flexibility index (Phi) is 4.57. The Bertz CT molecular complexity index is 591. The summed E-state index contributed by atoms with van der Waals surface area (Å²) in [6.45, 7) is 2.76. The minimum atomic E-state index is -3.59. The van der Waals surface area contributed by atoms with Crippen molar-refractivity contribution in [3.8, 4) is 0 Å². The number of carbonyl (C=O) groups excluding carboxylic acids is 1. The highest BCUT2D eigenvalue weighted by atomic mass is 32.2. The van der Waals surface area contributed by atoms with Crippen LogP contribution in [0.2, 0.25) is 0 Å². The van der Waals surface area contributed by atoms with Gasteiger partial charge in [0.2, 0.25) is 10.0 Å². The number of hydrogen-bond donors (Lipinski definition) is 0. The lowest BCUT2D eigenvalue weighted by Crippen LogP contribution is -2.37. The van der Waals surface area contributed by atoms with Crippen LogP contribution in [0.3, 0.4) is 0 Å². The lowest BCUT2D eigenvalue weighted by molar-refractivity contribution is 0.0988. The molecule has 0 N–H and O–H groups in total. The van der Waals surface area contributed by atoms with Gasteiger partial charge in [-0.3, -0.25) is 4.79 Å². The fraction of sp³-hybridized carbons (Fsp3) is 0.500. The molecule has 0 saturated carbocycles. The molecular formula is C14H19NO4S. The van der Waals surface area contributed by atoms with Crippen LogP contribution in [-0.2, 0) is 14.8 Å². The summed E-state index contributed by atoms with van der Waals surface area (Å²) in [7, 11) is -2.03. The summed E-state index contributed by atoms with van der Waals surface area (Å²) >= 11 is 0. The van der Waals surface area contributed by atoms with Gasteiger partial charge in [0.25, 0.3) is 0 Å². The molecule has 1 unspecified atom stereocenters. The van der Waals surface area contributed by atoms with Crippen molar-refractivity contribution in [1.82, 2.24) is 4.31 Å². The topological polar surface area (TPSA) is 63.7 Å². The Morgan fingerprint density at radius 1 is 1.45 bits per heavy atom. The highest BCUT2D eigenvalue weighted by Crippen LogP contribution is 2.22. The number of Topliss-reactive ketones (excluding diaryl/α,β-unsaturated/α-hetero) is 1. The predicted molar refractivity (Wildman–Crippen MR) is 75.2 cm³/mol. The van der Waals surface area contributed by atoms with Crippen LogP contribution >= 0.6 is 0 Å². The monoisotopic (exact) mass is 297 g/mol. The number of nitrogens with zero attached hydrogens (tertiary/aromatic N) is 1. The molecule has 20 heavy (non-hydrogen) atoms. The molecule has 1 aromatic rings. The van der Waals surface area contributed by atoms with E-state index >= 15 is 0 Å². The van der Waals surface area contributed by atoms with Gasteiger partial charge in [0, 0.05) is 25.6 Å². The van der Waals surface area contributed by atoms with Crippen LogP contribution in [0.5, 0.6) is 0 Å². The van der Waals surface area contributed by atoms with E-state index in [-0.39, 0.29) is 16.7 Å². The molecule has 0 aromatic heterocycles. The summed E-state index contributed by atoms with van der Waals surface area (Å²) in [6, 6.07) is 6.09. The van der Waals surface area contributed by atoms with Crippen LogP contribution in [0.4, 0.5) is 0 Å². The quantitative estimate of drug-likeness (QED) is 0.776. The zero-order valence-corrected chi connectivity index (χ0v) is 12.5. The maximum atomic E-state index is 12.5. The van der Waals surface area contributed by atoms with Gasteiger partial charge in [-0.1, -0.05) is 19.1 Å². The molecule has 0 spiro atoms. The summed E-state index contributed by atoms with van der Waals surface area (Å²) in [5.74, 6) is -0.0612. The van der Waals surface area contributed by atoms with Crippen LogP contribution < -0.4 is 0 Å². The molecule has 1 heterocycles. The number of rotatable bonds is 5. The zero-order valence-electron chi connectivity index (χ0n) is 11.7. The third-order valence-electron chi connectivity index (χ3n) is 3.57. The van der Waals surface area contributed by atoms with Crippen molar-refractivity contribution in [2.45, 2.75) is 30.7 Å². The average Bonchev–Trinajstić information content (AvgIpc) is 2.99. The van der Waals surface area contributed by atoms with Gasteiger partial charge in [0.15, 0.2) is 5.78 Å². The first-order valence-electron chi connectivity index (χ1n) is 6.66. The first-order chi connectivity index (χ1) is 9.46. The Labute approximate surface area is 119 Å². The van der Waals surface area contributed by atoms with Crippen molar-refractivity contribution < 1.29 is 17.9 Å². The standard InChI is InChI=1S/C14H19NO4S/c1-3-14(16)11-5-4-6-13(9-11)20(17,18)15(2)12-7-8-19-10-12/h4-6,9,12H,3,7-8,10H2,1-2H3. The number of sulfonamides is 1. The highest BCUT2D eigenvalue weighted by Gasteiger charge is 2.30. The van der Waals surface area contributed by atoms with Gasteiger partial charge >= 0.3 is 0 Å². The van der Waals surface area contributed by atoms with Crippen molar-refractivity contribution in [2.24, 2.45) is 0 Å². The highest BCUT2D eigenvalue weighted by molar-refractivity contribution is 7.89. The molecule has 110 valence electrons. The SMILES string of the molecule is CCC(=O)c1cccc(S(=O)(=O)N(C)C2CCOC2)c1. The van der Waals surface area contributed by atoms with Crippen molar-refractivity contribution in [1.29, 1.82) is 0 Å². The molecule has 1 fully saturated rings. The van der Waals surface area contributed by atoms with E-state index in [0.29, 0.717) is 31.6 Å². The van der Waals surface area contributed by atoms with Crippen LogP contribution in [0.25, 0.3) is 0 Å². The first-order valence-corrected chi connectivity index (χ1v) is 8.10. The number of carbonyl (C=O) groups is 1. The summed E-state index contributed by atoms with van der Waals surface area (Å²) in [4.78, 5) is 11.8. The van der Waals surface area contributed by atoms with Crippen LogP contribution in [-0.4, -0.2) is 44.8 Å². The van der Waals surface area contributed by atoms with Gasteiger partial charge in [-0.2, -0.15) is 4.31 Å². The lowest BCUT2D eigenvalue weighted by atomic mass is 10.1. The molecular weight excluding hydrogens is 278 g/mol. The summed E-state index contributed by atoms with van der Waals surface area (Å²) in [6.07, 6.45) is 1.05. The second-order valence-corrected chi connectivity index (χ2v) is 6.84. The lowest BCUT2D eigenvalue weighted by Gasteiger charge is -2.22. The van der Waals surface area contributed by atoms with Gasteiger partial charge in [0.05, 0.1) is 17.5 Å². The molecule has 2 rings (SSSR count). The molecule has 5 nitrogen and oxygen atoms in total. The van der Waals surface area contributed by atoms with Crippen LogP contribution in [0, 0.1) is 0 Å². The average molecular weight is 297 g/mol. The number of likely N-dealkylation sites (N-methyl/N-ethyl adjacent to an activating group) is 1. The molecule has 0 aliphatic carbocycles. The molecule has 1 saturated heterocycles. The number of ketones is 1. The summed E-state index contributed by atoms with van der Waals surface area (Å²) in [5, 5.41) is 0. The Balaban J connectivity index is 2.31. The number of benzene rings is 1. The molecule has 0 radical (unpaired) electrons. The van der Waals surface area contributed by atoms with E-state index in [1.54, 1.807) is 26.1 Å². The Morgan fingerprint density at radius 2 is 2.20 bits per heavy atom. The Hall–Kier alpha value is -1.24. The largest absolute Gasteiger partial charge is 0.380 e. The van der Waals surface area contributed by atoms with Gasteiger partial charge in [-0.05, 0) is 18.6 Å². The third kappa shape index (κ3) is 2.92. The van der Waals surface area contributed by atoms with Crippen molar-refractivity contribution >= 4 is 15.8 Å². The van der Waals surface area contributed by atoms with Crippen molar-refractivity contribution in [2.75, 3.05) is 20.3 Å². The smallest absolute Gasteiger partial charge is 0.243 e. The van der Waals surface area contributed by atoms with Crippen LogP contribution in [0.1, 0.15) is 30.1 Å². The van der Waals surface area contributed by atoms with E-state index < -0.39 is 10.0 Å². The van der Waals surface area contributed by atoms with E-state index in [9.17, 15) is 13.2 Å². The fourth-order valence-electron chi connectivity index (χ4n) is 2.21. The molecule has 1 atom stereocenters. The molecule has 0 amide bonds. The third-order valence-corrected chi connectivity index (χ3v) is 5.48. The second kappa shape index (κ2) is 6.03. The van der Waals surface area contributed by atoms with E-state index in [0.717, 1.165) is 0 Å². The minimum absolute atomic E-state index is 0.0612. The van der Waals surface area contributed by atoms with E-state index in [1.807, 2.05) is 0 Å². The second-order valence-electron chi connectivity index (χ2n) is 4.84. The maximum Gasteiger partial charge on any atom is 0.243 e. The fourth-order valence-corrected chi connectivity index (χ4v) is 3.62. The van der Waals surface area contributed by atoms with Gasteiger partial charge in [0.1, 0.15) is 0 Å². The van der Waals surface area contributed by atoms with Crippen molar-refractivity contribution in [3.63, 3.8) is 0 Å². The normalized spacial score (nSPS) is 19.4. The van der Waals surface area contributed by atoms with Crippen molar-refractivity contribution in [3.05, 3.63) is 29.8 Å². The molecule has 1 aliphatic heterocycles. The molecule has 1 aliphatic rings. The van der Waals surface area contributed by atoms with Gasteiger partial charge in [-0.15, -0.1) is 0 Å². The van der Waals surface area contributed by atoms with E-state index in [4.69, 9.17) is 4.74 Å². The Morgan fingerprint density at radius 3 is 2.80 bits per heavy atom. The molecule has 6 heteroatoms. The van der Waals surface area contributed by atoms with E-state index in [2.05, 4.69) is 0 Å². The number of hydrogen-bond acceptors (Lipinski definition) is 4. The molecule has 0 bridgehead atoms. The van der Waals surface area contributed by atoms with Gasteiger partial charge in [-0.25, -0.2) is 8.42 Å². The number of ether oxygens (including phenoxy) is 1. The maximum absolute atomic E-state index is 12.5. The zero-order chi connectivity index (χ0) is 14.8. The molecule has 1 aromatic carbocycles. The minimum Gasteiger partial charge on any atom is -0.380 e. The van der Waals surface area contributed by atoms with Gasteiger partial charge < -0.3 is 4.74 Å². The summed E-state index contributed by atoms with van der Waals surface area (Å²) in [5.41, 5.74) is 0.435. The summed E-state index contributed by atoms with van der Waals surface area (Å²) < 4.78 is 31.7. The predicted octanol–water partition coefficient (Wildman–Crippen LogP) is 1.69. The van der Waals surface area contributed by atoms with E-state index in [1.165, 1.54) is 16.4 Å². The van der Waals surface area contributed by atoms with Crippen LogP contribution in [0.15, 0.2) is 29.2 Å².